The zero-order chi connectivity index (χ0) is 22.0. The second kappa shape index (κ2) is 8.81. The largest absolute Gasteiger partial charge is 0.508 e. The minimum atomic E-state index is -0.817. The number of carbonyl (C=O) groups excluding carboxylic acids is 2. The molecule has 0 bridgehead atoms. The lowest BCUT2D eigenvalue weighted by Gasteiger charge is -2.27. The number of likely N-dealkylation sites (tertiary alicyclic amines) is 1. The number of hydrogen-bond acceptors (Lipinski definition) is 6. The number of aliphatic hydroxyl groups is 1. The van der Waals surface area contributed by atoms with E-state index in [4.69, 9.17) is 9.47 Å². The molecular formula is C24H25NO6. The monoisotopic (exact) mass is 423 g/mol. The number of nitrogens with zero attached hydrogens (tertiary/aromatic N) is 1. The molecule has 0 spiro atoms. The van der Waals surface area contributed by atoms with Crippen molar-refractivity contribution in [3.8, 4) is 11.5 Å². The van der Waals surface area contributed by atoms with E-state index in [9.17, 15) is 19.8 Å². The molecule has 2 aliphatic heterocycles. The lowest BCUT2D eigenvalue weighted by molar-refractivity contribution is -0.140. The fourth-order valence-corrected chi connectivity index (χ4v) is 4.15. The molecule has 162 valence electrons. The zero-order valence-corrected chi connectivity index (χ0v) is 17.3. The molecule has 2 aromatic rings. The van der Waals surface area contributed by atoms with E-state index in [0.717, 1.165) is 12.8 Å². The molecule has 4 rings (SSSR count). The van der Waals surface area contributed by atoms with E-state index in [2.05, 4.69) is 0 Å². The first-order valence-corrected chi connectivity index (χ1v) is 10.4. The number of rotatable bonds is 6. The second-order valence-corrected chi connectivity index (χ2v) is 7.64. The molecule has 2 aliphatic rings. The van der Waals surface area contributed by atoms with Gasteiger partial charge in [-0.1, -0.05) is 12.1 Å². The molecule has 31 heavy (non-hydrogen) atoms. The van der Waals surface area contributed by atoms with Crippen LogP contribution in [0.5, 0.6) is 11.5 Å². The highest BCUT2D eigenvalue weighted by molar-refractivity contribution is 6.46. The number of aliphatic hydroxyl groups excluding tert-OH is 1. The number of ketones is 1. The SMILES string of the molecule is CCOc1ccc(/C(O)=C2/C(=O)C(=O)N(CC3CCCO3)C2c2cccc(O)c2)cc1. The molecule has 0 aromatic heterocycles. The van der Waals surface area contributed by atoms with Crippen molar-refractivity contribution in [3.63, 3.8) is 0 Å². The van der Waals surface area contributed by atoms with Gasteiger partial charge in [-0.15, -0.1) is 0 Å². The van der Waals surface area contributed by atoms with Gasteiger partial charge in [-0.3, -0.25) is 9.59 Å². The van der Waals surface area contributed by atoms with Crippen molar-refractivity contribution >= 4 is 17.4 Å². The van der Waals surface area contributed by atoms with Crippen LogP contribution in [0.4, 0.5) is 0 Å². The summed E-state index contributed by atoms with van der Waals surface area (Å²) in [5.41, 5.74) is 0.950. The molecule has 1 amide bonds. The average Bonchev–Trinajstić information content (AvgIpc) is 3.36. The fraction of sp³-hybridized carbons (Fsp3) is 0.333. The van der Waals surface area contributed by atoms with Gasteiger partial charge in [0, 0.05) is 18.7 Å². The Kier molecular flexibility index (Phi) is 5.95. The normalized spacial score (nSPS) is 22.8. The summed E-state index contributed by atoms with van der Waals surface area (Å²) < 4.78 is 11.1. The predicted molar refractivity (Wildman–Crippen MR) is 114 cm³/mol. The van der Waals surface area contributed by atoms with Crippen LogP contribution >= 0.6 is 0 Å². The molecule has 2 fully saturated rings. The Labute approximate surface area is 180 Å². The Morgan fingerprint density at radius 3 is 2.61 bits per heavy atom. The Morgan fingerprint density at radius 1 is 1.19 bits per heavy atom. The summed E-state index contributed by atoms with van der Waals surface area (Å²) >= 11 is 0. The van der Waals surface area contributed by atoms with Gasteiger partial charge in [-0.2, -0.15) is 0 Å². The van der Waals surface area contributed by atoms with Gasteiger partial charge in [-0.25, -0.2) is 0 Å². The molecule has 7 heteroatoms. The molecule has 2 atom stereocenters. The van der Waals surface area contributed by atoms with E-state index in [1.807, 2.05) is 6.92 Å². The number of Topliss-reactive ketones (excluding diaryl/α,β-unsaturated/α-hetero) is 1. The maximum Gasteiger partial charge on any atom is 0.295 e. The quantitative estimate of drug-likeness (QED) is 0.420. The minimum Gasteiger partial charge on any atom is -0.508 e. The third-order valence-corrected chi connectivity index (χ3v) is 5.59. The van der Waals surface area contributed by atoms with Gasteiger partial charge in [0.05, 0.1) is 24.3 Å². The Balaban J connectivity index is 1.78. The third kappa shape index (κ3) is 4.14. The third-order valence-electron chi connectivity index (χ3n) is 5.59. The molecule has 0 saturated carbocycles. The zero-order valence-electron chi connectivity index (χ0n) is 17.3. The fourth-order valence-electron chi connectivity index (χ4n) is 4.15. The van der Waals surface area contributed by atoms with E-state index in [0.29, 0.717) is 30.1 Å². The molecule has 2 aromatic carbocycles. The number of benzene rings is 2. The topological polar surface area (TPSA) is 96.3 Å². The lowest BCUT2D eigenvalue weighted by Crippen LogP contribution is -2.36. The van der Waals surface area contributed by atoms with Crippen LogP contribution in [0.2, 0.25) is 0 Å². The summed E-state index contributed by atoms with van der Waals surface area (Å²) in [6, 6.07) is 12.3. The number of ether oxygens (including phenoxy) is 2. The number of amides is 1. The van der Waals surface area contributed by atoms with Crippen molar-refractivity contribution < 1.29 is 29.3 Å². The Morgan fingerprint density at radius 2 is 1.97 bits per heavy atom. The van der Waals surface area contributed by atoms with Crippen LogP contribution < -0.4 is 4.74 Å². The van der Waals surface area contributed by atoms with Crippen LogP contribution in [-0.4, -0.2) is 52.7 Å². The lowest BCUT2D eigenvalue weighted by atomic mass is 9.95. The summed E-state index contributed by atoms with van der Waals surface area (Å²) in [4.78, 5) is 27.4. The number of hydrogen-bond donors (Lipinski definition) is 2. The Hall–Kier alpha value is -3.32. The summed E-state index contributed by atoms with van der Waals surface area (Å²) in [6.07, 6.45) is 1.54. The first-order valence-electron chi connectivity index (χ1n) is 10.4. The van der Waals surface area contributed by atoms with Gasteiger partial charge in [0.1, 0.15) is 17.3 Å². The molecule has 0 radical (unpaired) electrons. The number of phenolic OH excluding ortho intramolecular Hbond substituents is 1. The van der Waals surface area contributed by atoms with Gasteiger partial charge in [0.2, 0.25) is 0 Å². The van der Waals surface area contributed by atoms with Crippen molar-refractivity contribution in [2.75, 3.05) is 19.8 Å². The van der Waals surface area contributed by atoms with E-state index in [-0.39, 0.29) is 29.7 Å². The average molecular weight is 423 g/mol. The van der Waals surface area contributed by atoms with Gasteiger partial charge in [-0.05, 0) is 61.7 Å². The van der Waals surface area contributed by atoms with Crippen LogP contribution in [0, 0.1) is 0 Å². The highest BCUT2D eigenvalue weighted by Gasteiger charge is 2.47. The molecule has 2 saturated heterocycles. The Bertz CT molecular complexity index is 1010. The first-order chi connectivity index (χ1) is 15.0. The van der Waals surface area contributed by atoms with Crippen molar-refractivity contribution in [2.24, 2.45) is 0 Å². The second-order valence-electron chi connectivity index (χ2n) is 7.64. The molecule has 2 heterocycles. The van der Waals surface area contributed by atoms with Gasteiger partial charge in [0.25, 0.3) is 11.7 Å². The van der Waals surface area contributed by atoms with E-state index in [1.54, 1.807) is 36.4 Å². The minimum absolute atomic E-state index is 0.00208. The van der Waals surface area contributed by atoms with Gasteiger partial charge in [0.15, 0.2) is 0 Å². The van der Waals surface area contributed by atoms with Crippen LogP contribution in [0.1, 0.15) is 36.9 Å². The summed E-state index contributed by atoms with van der Waals surface area (Å²) in [6.45, 7) is 3.25. The molecular weight excluding hydrogens is 398 g/mol. The number of carbonyl (C=O) groups is 2. The van der Waals surface area contributed by atoms with Crippen molar-refractivity contribution in [1.82, 2.24) is 4.90 Å². The van der Waals surface area contributed by atoms with E-state index in [1.165, 1.54) is 17.0 Å². The summed E-state index contributed by atoms with van der Waals surface area (Å²) in [5.74, 6) is -1.04. The van der Waals surface area contributed by atoms with Crippen LogP contribution in [0.25, 0.3) is 5.76 Å². The maximum absolute atomic E-state index is 13.0. The van der Waals surface area contributed by atoms with E-state index >= 15 is 0 Å². The van der Waals surface area contributed by atoms with Crippen molar-refractivity contribution in [3.05, 3.63) is 65.2 Å². The smallest absolute Gasteiger partial charge is 0.295 e. The first kappa shape index (κ1) is 20.9. The highest BCUT2D eigenvalue weighted by Crippen LogP contribution is 2.40. The predicted octanol–water partition coefficient (Wildman–Crippen LogP) is 3.39. The van der Waals surface area contributed by atoms with Gasteiger partial charge >= 0.3 is 0 Å². The number of phenols is 1. The van der Waals surface area contributed by atoms with Crippen molar-refractivity contribution in [2.45, 2.75) is 31.9 Å². The van der Waals surface area contributed by atoms with E-state index < -0.39 is 17.7 Å². The standard InChI is InChI=1S/C24H25NO6/c1-2-30-18-10-8-15(9-11-18)22(27)20-21(16-5-3-6-17(26)13-16)25(24(29)23(20)28)14-19-7-4-12-31-19/h3,5-6,8-11,13,19,21,26-27H,2,4,7,12,14H2,1H3/b22-20-. The van der Waals surface area contributed by atoms with Crippen LogP contribution in [0.3, 0.4) is 0 Å². The summed E-state index contributed by atoms with van der Waals surface area (Å²) in [7, 11) is 0. The summed E-state index contributed by atoms with van der Waals surface area (Å²) in [5, 5.41) is 21.0. The number of aromatic hydroxyl groups is 1. The molecule has 0 aliphatic carbocycles. The molecule has 7 nitrogen and oxygen atoms in total. The van der Waals surface area contributed by atoms with Gasteiger partial charge < -0.3 is 24.6 Å². The molecule has 2 N–H and O–H groups in total. The van der Waals surface area contributed by atoms with Crippen LogP contribution in [0.15, 0.2) is 54.1 Å². The maximum atomic E-state index is 13.0. The molecule has 2 unspecified atom stereocenters. The van der Waals surface area contributed by atoms with Crippen molar-refractivity contribution in [1.29, 1.82) is 0 Å². The highest BCUT2D eigenvalue weighted by atomic mass is 16.5. The van der Waals surface area contributed by atoms with Crippen LogP contribution in [-0.2, 0) is 14.3 Å².